The molecule has 2 saturated carbocycles. The lowest BCUT2D eigenvalue weighted by atomic mass is 9.60. The number of nitrogens with one attached hydrogen (secondary N) is 1. The van der Waals surface area contributed by atoms with Crippen molar-refractivity contribution in [2.45, 2.75) is 57.7 Å². The van der Waals surface area contributed by atoms with Gasteiger partial charge in [0.05, 0.1) is 18.1 Å². The number of hydrogen-bond acceptors (Lipinski definition) is 5. The molecule has 2 N–H and O–H groups in total. The fourth-order valence-electron chi connectivity index (χ4n) is 4.55. The maximum atomic E-state index is 10.7. The van der Waals surface area contributed by atoms with Crippen LogP contribution in [0.4, 0.5) is 0 Å². The first-order valence-corrected chi connectivity index (χ1v) is 11.3. The van der Waals surface area contributed by atoms with Crippen LogP contribution in [0.2, 0.25) is 0 Å². The molecule has 1 aliphatic heterocycles. The molecule has 2 heterocycles. The number of carboxylic acids is 1. The van der Waals surface area contributed by atoms with Crippen LogP contribution in [0.1, 0.15) is 60.8 Å². The van der Waals surface area contributed by atoms with Gasteiger partial charge in [0, 0.05) is 31.7 Å². The Morgan fingerprint density at radius 3 is 2.48 bits per heavy atom. The van der Waals surface area contributed by atoms with Crippen molar-refractivity contribution in [3.63, 3.8) is 0 Å². The van der Waals surface area contributed by atoms with Gasteiger partial charge in [-0.1, -0.05) is 49.4 Å². The van der Waals surface area contributed by atoms with E-state index < -0.39 is 5.97 Å². The first-order chi connectivity index (χ1) is 15.0. The van der Waals surface area contributed by atoms with Gasteiger partial charge in [0.25, 0.3) is 0 Å². The third-order valence-electron chi connectivity index (χ3n) is 6.18. The maximum Gasteiger partial charge on any atom is 0.356 e. The molecule has 0 atom stereocenters. The van der Waals surface area contributed by atoms with Gasteiger partial charge in [-0.2, -0.15) is 0 Å². The normalized spacial score (nSPS) is 20.0. The lowest BCUT2D eigenvalue weighted by Gasteiger charge is -2.59. The molecule has 0 amide bonds. The van der Waals surface area contributed by atoms with E-state index >= 15 is 0 Å². The zero-order chi connectivity index (χ0) is 21.7. The van der Waals surface area contributed by atoms with Gasteiger partial charge in [-0.25, -0.2) is 9.78 Å². The number of likely N-dealkylation sites (tertiary alicyclic amines) is 1. The minimum atomic E-state index is -1.03. The Balaban J connectivity index is 0.000000196. The van der Waals surface area contributed by atoms with Crippen LogP contribution in [-0.2, 0) is 6.54 Å². The van der Waals surface area contributed by atoms with Crippen LogP contribution in [0.3, 0.4) is 0 Å². The molecule has 6 nitrogen and oxygen atoms in total. The molecule has 1 spiro atoms. The number of carbonyl (C=O) groups is 1. The predicted octanol–water partition coefficient (Wildman–Crippen LogP) is 4.00. The highest BCUT2D eigenvalue weighted by Crippen LogP contribution is 2.49. The Morgan fingerprint density at radius 2 is 1.90 bits per heavy atom. The van der Waals surface area contributed by atoms with E-state index in [2.05, 4.69) is 63.5 Å². The number of allylic oxidation sites excluding steroid dienone is 1. The van der Waals surface area contributed by atoms with Crippen molar-refractivity contribution in [3.05, 3.63) is 65.8 Å². The summed E-state index contributed by atoms with van der Waals surface area (Å²) in [5.41, 5.74) is 2.68. The minimum Gasteiger partial charge on any atom is -0.476 e. The quantitative estimate of drug-likeness (QED) is 0.705. The van der Waals surface area contributed by atoms with E-state index in [0.717, 1.165) is 43.8 Å². The number of aromatic nitrogens is 2. The second-order valence-electron chi connectivity index (χ2n) is 9.11. The van der Waals surface area contributed by atoms with Gasteiger partial charge in [-0.15, -0.1) is 0 Å². The molecule has 3 aliphatic rings. The van der Waals surface area contributed by atoms with Crippen molar-refractivity contribution >= 4 is 12.0 Å². The predicted molar refractivity (Wildman–Crippen MR) is 122 cm³/mol. The number of rotatable bonds is 7. The van der Waals surface area contributed by atoms with Crippen LogP contribution in [0.25, 0.3) is 6.08 Å². The van der Waals surface area contributed by atoms with Crippen molar-refractivity contribution in [1.29, 1.82) is 0 Å². The zero-order valence-corrected chi connectivity index (χ0v) is 18.2. The first-order valence-electron chi connectivity index (χ1n) is 11.3. The second-order valence-corrected chi connectivity index (χ2v) is 9.11. The van der Waals surface area contributed by atoms with Crippen molar-refractivity contribution < 1.29 is 9.90 Å². The van der Waals surface area contributed by atoms with E-state index in [-0.39, 0.29) is 5.69 Å². The molecule has 3 fully saturated rings. The Labute approximate surface area is 184 Å². The fourth-order valence-corrected chi connectivity index (χ4v) is 4.55. The van der Waals surface area contributed by atoms with Gasteiger partial charge in [0.1, 0.15) is 0 Å². The smallest absolute Gasteiger partial charge is 0.356 e. The Bertz CT molecular complexity index is 879. The lowest BCUT2D eigenvalue weighted by Crippen LogP contribution is -2.65. The summed E-state index contributed by atoms with van der Waals surface area (Å²) in [6.45, 7) is 5.19. The molecule has 31 heavy (non-hydrogen) atoms. The number of aromatic carboxylic acids is 1. The summed E-state index contributed by atoms with van der Waals surface area (Å²) in [5, 5.41) is 12.5. The topological polar surface area (TPSA) is 78.3 Å². The summed E-state index contributed by atoms with van der Waals surface area (Å²) in [6, 6.07) is 11.9. The minimum absolute atomic E-state index is 0.00631. The van der Waals surface area contributed by atoms with E-state index in [0.29, 0.717) is 5.41 Å². The third-order valence-corrected chi connectivity index (χ3v) is 6.18. The number of hydrogen-bond donors (Lipinski definition) is 2. The van der Waals surface area contributed by atoms with E-state index in [1.165, 1.54) is 37.4 Å². The molecular formula is C25H32N4O2. The lowest BCUT2D eigenvalue weighted by molar-refractivity contribution is -0.0837. The monoisotopic (exact) mass is 420 g/mol. The van der Waals surface area contributed by atoms with E-state index in [1.807, 2.05) is 6.07 Å². The standard InChI is InChI=1S/C15H20N4O2.C10H12/c20-14(21)13-6-16-12(5-17-13)7-19-8-15(9-19)3-11(4-15)18-10-1-2-10;1-2-3-7-10-8-5-4-6-9-10/h5-6,10-11,18H,1-4,7-9H2,(H,20,21);3-9H,2H2,1H3/b;7-3-. The Hall–Kier alpha value is -2.57. The van der Waals surface area contributed by atoms with Crippen molar-refractivity contribution in [2.75, 3.05) is 13.1 Å². The highest BCUT2D eigenvalue weighted by Gasteiger charge is 2.52. The summed E-state index contributed by atoms with van der Waals surface area (Å²) >= 11 is 0. The van der Waals surface area contributed by atoms with Crippen LogP contribution in [0.5, 0.6) is 0 Å². The maximum absolute atomic E-state index is 10.7. The summed E-state index contributed by atoms with van der Waals surface area (Å²) < 4.78 is 0. The van der Waals surface area contributed by atoms with Gasteiger partial charge in [0.15, 0.2) is 5.69 Å². The average molecular weight is 421 g/mol. The molecule has 1 saturated heterocycles. The molecular weight excluding hydrogens is 388 g/mol. The first kappa shape index (κ1) is 21.7. The zero-order valence-electron chi connectivity index (χ0n) is 18.2. The number of nitrogens with zero attached hydrogens (tertiary/aromatic N) is 3. The number of benzene rings is 1. The van der Waals surface area contributed by atoms with Crippen molar-refractivity contribution in [2.24, 2.45) is 5.41 Å². The Kier molecular flexibility index (Phi) is 6.78. The van der Waals surface area contributed by atoms with Gasteiger partial charge >= 0.3 is 5.97 Å². The van der Waals surface area contributed by atoms with Gasteiger partial charge in [-0.3, -0.25) is 9.88 Å². The van der Waals surface area contributed by atoms with Crippen molar-refractivity contribution in [3.8, 4) is 0 Å². The second kappa shape index (κ2) is 9.71. The van der Waals surface area contributed by atoms with Crippen molar-refractivity contribution in [1.82, 2.24) is 20.2 Å². The third kappa shape index (κ3) is 5.99. The molecule has 1 aromatic heterocycles. The van der Waals surface area contributed by atoms with Crippen LogP contribution in [-0.4, -0.2) is 51.1 Å². The van der Waals surface area contributed by atoms with E-state index in [1.54, 1.807) is 6.20 Å². The summed E-state index contributed by atoms with van der Waals surface area (Å²) in [7, 11) is 0. The van der Waals surface area contributed by atoms with Gasteiger partial charge in [0.2, 0.25) is 0 Å². The molecule has 2 aliphatic carbocycles. The Morgan fingerprint density at radius 1 is 1.16 bits per heavy atom. The largest absolute Gasteiger partial charge is 0.476 e. The van der Waals surface area contributed by atoms with E-state index in [4.69, 9.17) is 5.11 Å². The van der Waals surface area contributed by atoms with Crippen LogP contribution in [0, 0.1) is 5.41 Å². The van der Waals surface area contributed by atoms with E-state index in [9.17, 15) is 4.79 Å². The van der Waals surface area contributed by atoms with Gasteiger partial charge < -0.3 is 10.4 Å². The molecule has 164 valence electrons. The summed E-state index contributed by atoms with van der Waals surface area (Å²) in [4.78, 5) is 21.2. The summed E-state index contributed by atoms with van der Waals surface area (Å²) in [6.07, 6.45) is 13.7. The molecule has 0 radical (unpaired) electrons. The van der Waals surface area contributed by atoms with Crippen LogP contribution in [0.15, 0.2) is 48.8 Å². The average Bonchev–Trinajstić information content (AvgIpc) is 3.55. The summed E-state index contributed by atoms with van der Waals surface area (Å²) in [5.74, 6) is -1.03. The molecule has 5 rings (SSSR count). The number of carboxylic acid groups (broad SMARTS) is 1. The van der Waals surface area contributed by atoms with Crippen LogP contribution >= 0.6 is 0 Å². The molecule has 1 aromatic carbocycles. The highest BCUT2D eigenvalue weighted by atomic mass is 16.4. The van der Waals surface area contributed by atoms with Gasteiger partial charge in [-0.05, 0) is 43.1 Å². The van der Waals surface area contributed by atoms with Crippen LogP contribution < -0.4 is 5.32 Å². The molecule has 2 aromatic rings. The molecule has 0 bridgehead atoms. The molecule has 0 unspecified atom stereocenters. The SMILES string of the molecule is CC/C=C\c1ccccc1.O=C(O)c1cnc(CN2CC3(CC(NC4CC4)C3)C2)cn1. The molecule has 6 heteroatoms. The highest BCUT2D eigenvalue weighted by molar-refractivity contribution is 5.84. The fraction of sp³-hybridized carbons (Fsp3) is 0.480.